The normalized spacial score (nSPS) is 11.6. The first-order chi connectivity index (χ1) is 7.83. The van der Waals surface area contributed by atoms with E-state index in [1.807, 2.05) is 0 Å². The van der Waals surface area contributed by atoms with Crippen molar-refractivity contribution in [2.24, 2.45) is 0 Å². The average Bonchev–Trinajstić information content (AvgIpc) is 2.27. The maximum absolute atomic E-state index is 12.5. The predicted molar refractivity (Wildman–Crippen MR) is 47.6 cm³/mol. The molecule has 0 spiro atoms. The van der Waals surface area contributed by atoms with Gasteiger partial charge in [0.05, 0.1) is 6.20 Å². The number of carboxylic acid groups (broad SMARTS) is 1. The van der Waals surface area contributed by atoms with Crippen molar-refractivity contribution in [1.82, 2.24) is 4.98 Å². The molecule has 4 nitrogen and oxygen atoms in total. The highest BCUT2D eigenvalue weighted by Gasteiger charge is 2.41. The summed E-state index contributed by atoms with van der Waals surface area (Å²) in [5.74, 6) is -5.77. The van der Waals surface area contributed by atoms with Crippen LogP contribution in [0.1, 0.15) is 10.5 Å². The fourth-order valence-electron chi connectivity index (χ4n) is 0.835. The van der Waals surface area contributed by atoms with Gasteiger partial charge in [-0.15, -0.1) is 0 Å². The summed E-state index contributed by atoms with van der Waals surface area (Å²) in [6.45, 7) is -1.50. The summed E-state index contributed by atoms with van der Waals surface area (Å²) in [7, 11) is 0. The third-order valence-corrected chi connectivity index (χ3v) is 1.71. The summed E-state index contributed by atoms with van der Waals surface area (Å²) in [5, 5.41) is 8.49. The Hall–Kier alpha value is -1.86. The largest absolute Gasteiger partial charge is 0.485 e. The zero-order valence-electron chi connectivity index (χ0n) is 8.24. The van der Waals surface area contributed by atoms with E-state index in [0.717, 1.165) is 18.3 Å². The molecular formula is C9H7F4NO3. The van der Waals surface area contributed by atoms with Gasteiger partial charge < -0.3 is 9.84 Å². The Labute approximate surface area is 92.8 Å². The van der Waals surface area contributed by atoms with Gasteiger partial charge in [-0.05, 0) is 12.1 Å². The summed E-state index contributed by atoms with van der Waals surface area (Å²) in [6, 6.07) is 2.07. The Morgan fingerprint density at radius 3 is 2.53 bits per heavy atom. The van der Waals surface area contributed by atoms with E-state index < -0.39 is 24.9 Å². The quantitative estimate of drug-likeness (QED) is 0.816. The Bertz CT molecular complexity index is 394. The first kappa shape index (κ1) is 13.2. The van der Waals surface area contributed by atoms with E-state index in [1.165, 1.54) is 0 Å². The lowest BCUT2D eigenvalue weighted by molar-refractivity contribution is -0.148. The first-order valence-corrected chi connectivity index (χ1v) is 4.31. The number of alkyl halides is 4. The summed E-state index contributed by atoms with van der Waals surface area (Å²) in [6.07, 6.45) is -2.96. The van der Waals surface area contributed by atoms with Crippen LogP contribution in [0.5, 0.6) is 5.75 Å². The van der Waals surface area contributed by atoms with Crippen LogP contribution in [0.2, 0.25) is 0 Å². The molecule has 0 unspecified atom stereocenters. The predicted octanol–water partition coefficient (Wildman–Crippen LogP) is 2.06. The van der Waals surface area contributed by atoms with Gasteiger partial charge in [0.2, 0.25) is 0 Å². The molecule has 0 amide bonds. The van der Waals surface area contributed by atoms with Crippen LogP contribution in [0.15, 0.2) is 18.3 Å². The van der Waals surface area contributed by atoms with Crippen molar-refractivity contribution >= 4 is 5.97 Å². The highest BCUT2D eigenvalue weighted by molar-refractivity contribution is 5.85. The minimum Gasteiger partial charge on any atom is -0.485 e. The van der Waals surface area contributed by atoms with Crippen molar-refractivity contribution in [2.45, 2.75) is 12.3 Å². The van der Waals surface area contributed by atoms with Crippen LogP contribution in [-0.2, 0) is 0 Å². The van der Waals surface area contributed by atoms with E-state index in [2.05, 4.69) is 9.72 Å². The number of rotatable bonds is 5. The Balaban J connectivity index is 2.62. The summed E-state index contributed by atoms with van der Waals surface area (Å²) in [4.78, 5) is 13.8. The van der Waals surface area contributed by atoms with Gasteiger partial charge in [0.25, 0.3) is 0 Å². The van der Waals surface area contributed by atoms with E-state index >= 15 is 0 Å². The van der Waals surface area contributed by atoms with Gasteiger partial charge in [0, 0.05) is 0 Å². The molecule has 0 atom stereocenters. The molecule has 0 aromatic carbocycles. The minimum absolute atomic E-state index is 0.213. The molecule has 0 radical (unpaired) electrons. The summed E-state index contributed by atoms with van der Waals surface area (Å²) in [5.41, 5.74) is -0.307. The molecule has 1 heterocycles. The molecule has 8 heteroatoms. The van der Waals surface area contributed by atoms with Crippen molar-refractivity contribution in [3.63, 3.8) is 0 Å². The van der Waals surface area contributed by atoms with Gasteiger partial charge >= 0.3 is 18.3 Å². The highest BCUT2D eigenvalue weighted by atomic mass is 19.3. The van der Waals surface area contributed by atoms with E-state index in [-0.39, 0.29) is 11.4 Å². The third-order valence-electron chi connectivity index (χ3n) is 1.71. The molecule has 0 aliphatic carbocycles. The number of halogens is 4. The lowest BCUT2D eigenvalue weighted by Crippen LogP contribution is -2.33. The molecule has 1 N–H and O–H groups in total. The number of aromatic carboxylic acids is 1. The lowest BCUT2D eigenvalue weighted by Gasteiger charge is -2.15. The lowest BCUT2D eigenvalue weighted by atomic mass is 10.3. The second-order valence-electron chi connectivity index (χ2n) is 3.03. The molecular weight excluding hydrogens is 246 g/mol. The molecule has 1 aromatic heterocycles. The molecule has 0 saturated heterocycles. The number of carboxylic acids is 1. The van der Waals surface area contributed by atoms with Crippen LogP contribution in [0.25, 0.3) is 0 Å². The molecule has 1 aromatic rings. The van der Waals surface area contributed by atoms with E-state index in [0.29, 0.717) is 0 Å². The van der Waals surface area contributed by atoms with E-state index in [1.54, 1.807) is 0 Å². The zero-order valence-corrected chi connectivity index (χ0v) is 8.24. The van der Waals surface area contributed by atoms with Gasteiger partial charge in [-0.3, -0.25) is 0 Å². The fraction of sp³-hybridized carbons (Fsp3) is 0.333. The maximum Gasteiger partial charge on any atom is 0.354 e. The van der Waals surface area contributed by atoms with Gasteiger partial charge in [0.15, 0.2) is 6.61 Å². The van der Waals surface area contributed by atoms with Gasteiger partial charge in [-0.1, -0.05) is 0 Å². The van der Waals surface area contributed by atoms with E-state index in [9.17, 15) is 22.4 Å². The van der Waals surface area contributed by atoms with Gasteiger partial charge in [0.1, 0.15) is 11.4 Å². The molecule has 0 aliphatic rings. The first-order valence-electron chi connectivity index (χ1n) is 4.31. The minimum atomic E-state index is -4.26. The Morgan fingerprint density at radius 2 is 2.12 bits per heavy atom. The standard InChI is InChI=1S/C9H7F4NO3/c10-8(11)9(12,13)4-17-5-1-2-6(7(15)16)14-3-5/h1-3,8H,4H2,(H,15,16). The smallest absolute Gasteiger partial charge is 0.354 e. The van der Waals surface area contributed by atoms with Crippen molar-refractivity contribution in [1.29, 1.82) is 0 Å². The number of pyridine rings is 1. The molecule has 0 saturated carbocycles. The van der Waals surface area contributed by atoms with Crippen molar-refractivity contribution in [2.75, 3.05) is 6.61 Å². The van der Waals surface area contributed by atoms with Crippen LogP contribution in [0, 0.1) is 0 Å². The SMILES string of the molecule is O=C(O)c1ccc(OCC(F)(F)C(F)F)cn1. The van der Waals surface area contributed by atoms with Gasteiger partial charge in [-0.2, -0.15) is 8.78 Å². The fourth-order valence-corrected chi connectivity index (χ4v) is 0.835. The average molecular weight is 253 g/mol. The highest BCUT2D eigenvalue weighted by Crippen LogP contribution is 2.24. The number of aromatic nitrogens is 1. The van der Waals surface area contributed by atoms with Crippen LogP contribution in [0.4, 0.5) is 17.6 Å². The number of hydrogen-bond donors (Lipinski definition) is 1. The molecule has 0 aliphatic heterocycles. The molecule has 0 fully saturated rings. The van der Waals surface area contributed by atoms with Crippen molar-refractivity contribution < 1.29 is 32.2 Å². The zero-order chi connectivity index (χ0) is 13.1. The monoisotopic (exact) mass is 253 g/mol. The number of nitrogens with zero attached hydrogens (tertiary/aromatic N) is 1. The Morgan fingerprint density at radius 1 is 1.47 bits per heavy atom. The Kier molecular flexibility index (Phi) is 3.87. The second kappa shape index (κ2) is 4.98. The molecule has 94 valence electrons. The summed E-state index contributed by atoms with van der Waals surface area (Å²) < 4.78 is 52.8. The van der Waals surface area contributed by atoms with E-state index in [4.69, 9.17) is 5.11 Å². The van der Waals surface area contributed by atoms with Crippen LogP contribution in [-0.4, -0.2) is 35.0 Å². The molecule has 17 heavy (non-hydrogen) atoms. The topological polar surface area (TPSA) is 59.4 Å². The number of hydrogen-bond acceptors (Lipinski definition) is 3. The maximum atomic E-state index is 12.5. The van der Waals surface area contributed by atoms with Crippen LogP contribution < -0.4 is 4.74 Å². The van der Waals surface area contributed by atoms with Crippen LogP contribution >= 0.6 is 0 Å². The summed E-state index contributed by atoms with van der Waals surface area (Å²) >= 11 is 0. The third kappa shape index (κ3) is 3.58. The van der Waals surface area contributed by atoms with Crippen molar-refractivity contribution in [3.05, 3.63) is 24.0 Å². The number of ether oxygens (including phenoxy) is 1. The second-order valence-corrected chi connectivity index (χ2v) is 3.03. The number of carbonyl (C=O) groups is 1. The molecule has 1 rings (SSSR count). The molecule has 0 bridgehead atoms. The van der Waals surface area contributed by atoms with Crippen LogP contribution in [0.3, 0.4) is 0 Å². The van der Waals surface area contributed by atoms with Crippen molar-refractivity contribution in [3.8, 4) is 5.75 Å². The van der Waals surface area contributed by atoms with Gasteiger partial charge in [-0.25, -0.2) is 18.6 Å².